The van der Waals surface area contributed by atoms with Gasteiger partial charge in [0.05, 0.1) is 0 Å². The monoisotopic (exact) mass is 356 g/mol. The van der Waals surface area contributed by atoms with Gasteiger partial charge in [-0.15, -0.1) is 0 Å². The van der Waals surface area contributed by atoms with Gasteiger partial charge in [0.15, 0.2) is 0 Å². The number of esters is 1. The van der Waals surface area contributed by atoms with E-state index < -0.39 is 0 Å². The second-order valence-electron chi connectivity index (χ2n) is 9.21. The molecule has 2 saturated carbocycles. The number of carbonyl (C=O) groups excluding carboxylic acids is 1. The maximum atomic E-state index is 12.1. The highest BCUT2D eigenvalue weighted by molar-refractivity contribution is 5.69. The van der Waals surface area contributed by atoms with Crippen molar-refractivity contribution in [2.45, 2.75) is 77.7 Å². The minimum atomic E-state index is -0.0148. The Morgan fingerprint density at radius 2 is 2.12 bits per heavy atom. The molecule has 0 bridgehead atoms. The molecule has 26 heavy (non-hydrogen) atoms. The fourth-order valence-electron chi connectivity index (χ4n) is 6.53. The predicted molar refractivity (Wildman–Crippen MR) is 102 cm³/mol. The third-order valence-electron chi connectivity index (χ3n) is 7.70. The molecule has 0 amide bonds. The van der Waals surface area contributed by atoms with Gasteiger partial charge in [-0.25, -0.2) is 0 Å². The molecule has 0 aromatic heterocycles. The number of ether oxygens (including phenoxy) is 1. The van der Waals surface area contributed by atoms with Crippen LogP contribution in [0.1, 0.15) is 76.3 Å². The van der Waals surface area contributed by atoms with Gasteiger partial charge in [0, 0.05) is 11.8 Å². The van der Waals surface area contributed by atoms with E-state index in [4.69, 9.17) is 4.74 Å². The zero-order chi connectivity index (χ0) is 18.5. The molecule has 1 N–H and O–H groups in total. The number of benzene rings is 1. The summed E-state index contributed by atoms with van der Waals surface area (Å²) in [5.74, 6) is 2.89. The van der Waals surface area contributed by atoms with Crippen LogP contribution in [0.3, 0.4) is 0 Å². The zero-order valence-corrected chi connectivity index (χ0v) is 16.3. The van der Waals surface area contributed by atoms with E-state index >= 15 is 0 Å². The Morgan fingerprint density at radius 3 is 2.88 bits per heavy atom. The highest BCUT2D eigenvalue weighted by Gasteiger charge is 2.57. The van der Waals surface area contributed by atoms with E-state index in [-0.39, 0.29) is 17.5 Å². The molecule has 3 heteroatoms. The van der Waals surface area contributed by atoms with Gasteiger partial charge in [-0.1, -0.05) is 26.8 Å². The number of phenolic OH excluding ortho intramolecular Hbond substituents is 1. The Labute approximate surface area is 157 Å². The summed E-state index contributed by atoms with van der Waals surface area (Å²) in [4.78, 5) is 12.1. The highest BCUT2D eigenvalue weighted by atomic mass is 16.5. The van der Waals surface area contributed by atoms with E-state index in [0.717, 1.165) is 25.7 Å². The van der Waals surface area contributed by atoms with Crippen molar-refractivity contribution in [2.24, 2.45) is 23.2 Å². The Kier molecular flexibility index (Phi) is 4.53. The lowest BCUT2D eigenvalue weighted by molar-refractivity contribution is -0.158. The Bertz CT molecular complexity index is 697. The summed E-state index contributed by atoms with van der Waals surface area (Å²) in [5.41, 5.74) is 2.93. The quantitative estimate of drug-likeness (QED) is 0.757. The average Bonchev–Trinajstić information content (AvgIpc) is 2.91. The summed E-state index contributed by atoms with van der Waals surface area (Å²) in [6.07, 6.45) is 7.05. The molecular weight excluding hydrogens is 324 g/mol. The average molecular weight is 357 g/mol. The SMILES string of the molecule is CCCC(=O)OC1CCC2C3C(C)Cc4cc(O)ccc4C3CCC12C. The second-order valence-corrected chi connectivity index (χ2v) is 9.21. The van der Waals surface area contributed by atoms with Crippen LogP contribution in [0.2, 0.25) is 0 Å². The predicted octanol–water partition coefficient (Wildman–Crippen LogP) is 5.21. The van der Waals surface area contributed by atoms with Crippen LogP contribution < -0.4 is 0 Å². The molecule has 3 aliphatic carbocycles. The van der Waals surface area contributed by atoms with Gasteiger partial charge >= 0.3 is 5.97 Å². The molecule has 1 aromatic rings. The first-order valence-corrected chi connectivity index (χ1v) is 10.4. The lowest BCUT2D eigenvalue weighted by Gasteiger charge is -2.52. The van der Waals surface area contributed by atoms with Gasteiger partial charge in [-0.05, 0) is 85.5 Å². The number of hydrogen-bond acceptors (Lipinski definition) is 3. The number of fused-ring (bicyclic) bond motifs is 5. The first-order chi connectivity index (χ1) is 12.4. The maximum absolute atomic E-state index is 12.1. The van der Waals surface area contributed by atoms with Crippen molar-refractivity contribution in [3.05, 3.63) is 29.3 Å². The summed E-state index contributed by atoms with van der Waals surface area (Å²) < 4.78 is 5.95. The second kappa shape index (κ2) is 6.58. The Morgan fingerprint density at radius 1 is 1.31 bits per heavy atom. The van der Waals surface area contributed by atoms with E-state index in [0.29, 0.717) is 35.8 Å². The van der Waals surface area contributed by atoms with Crippen LogP contribution in [0.4, 0.5) is 0 Å². The normalized spacial score (nSPS) is 38.2. The minimum Gasteiger partial charge on any atom is -0.508 e. The Balaban J connectivity index is 1.60. The molecule has 6 unspecified atom stereocenters. The van der Waals surface area contributed by atoms with E-state index in [9.17, 15) is 9.90 Å². The van der Waals surface area contributed by atoms with E-state index in [1.54, 1.807) is 0 Å². The molecule has 3 aliphatic rings. The van der Waals surface area contributed by atoms with Crippen molar-refractivity contribution < 1.29 is 14.6 Å². The van der Waals surface area contributed by atoms with Crippen molar-refractivity contribution in [1.29, 1.82) is 0 Å². The summed E-state index contributed by atoms with van der Waals surface area (Å²) in [5, 5.41) is 9.88. The third-order valence-corrected chi connectivity index (χ3v) is 7.70. The fraction of sp³-hybridized carbons (Fsp3) is 0.696. The smallest absolute Gasteiger partial charge is 0.306 e. The zero-order valence-electron chi connectivity index (χ0n) is 16.3. The first-order valence-electron chi connectivity index (χ1n) is 10.4. The maximum Gasteiger partial charge on any atom is 0.306 e. The first kappa shape index (κ1) is 17.9. The van der Waals surface area contributed by atoms with Crippen molar-refractivity contribution in [3.8, 4) is 5.75 Å². The van der Waals surface area contributed by atoms with Crippen LogP contribution in [0.5, 0.6) is 5.75 Å². The number of hydrogen-bond donors (Lipinski definition) is 1. The van der Waals surface area contributed by atoms with Gasteiger partial charge in [0.1, 0.15) is 11.9 Å². The topological polar surface area (TPSA) is 46.5 Å². The summed E-state index contributed by atoms with van der Waals surface area (Å²) >= 11 is 0. The standard InChI is InChI=1S/C23H32O3/c1-4-5-21(25)26-20-9-8-19-22-14(2)12-15-13-16(24)6-7-17(15)18(22)10-11-23(19,20)3/h6-7,13-14,18-20,22,24H,4-5,8-12H2,1-3H3. The van der Waals surface area contributed by atoms with Gasteiger partial charge in [-0.3, -0.25) is 4.79 Å². The summed E-state index contributed by atoms with van der Waals surface area (Å²) in [7, 11) is 0. The van der Waals surface area contributed by atoms with E-state index in [1.165, 1.54) is 24.0 Å². The molecule has 0 saturated heterocycles. The van der Waals surface area contributed by atoms with Crippen LogP contribution in [0, 0.1) is 23.2 Å². The van der Waals surface area contributed by atoms with Gasteiger partial charge in [0.25, 0.3) is 0 Å². The van der Waals surface area contributed by atoms with Crippen LogP contribution in [-0.2, 0) is 16.0 Å². The lowest BCUT2D eigenvalue weighted by Crippen LogP contribution is -2.47. The van der Waals surface area contributed by atoms with Crippen molar-refractivity contribution in [2.75, 3.05) is 0 Å². The van der Waals surface area contributed by atoms with Crippen LogP contribution in [0.25, 0.3) is 0 Å². The number of aromatic hydroxyl groups is 1. The van der Waals surface area contributed by atoms with Crippen molar-refractivity contribution in [1.82, 2.24) is 0 Å². The van der Waals surface area contributed by atoms with Gasteiger partial charge < -0.3 is 9.84 Å². The van der Waals surface area contributed by atoms with Crippen LogP contribution >= 0.6 is 0 Å². The molecule has 142 valence electrons. The molecule has 0 spiro atoms. The van der Waals surface area contributed by atoms with Crippen LogP contribution in [0.15, 0.2) is 18.2 Å². The molecule has 4 rings (SSSR count). The van der Waals surface area contributed by atoms with Gasteiger partial charge in [-0.2, -0.15) is 0 Å². The minimum absolute atomic E-state index is 0.0148. The summed E-state index contributed by atoms with van der Waals surface area (Å²) in [6, 6.07) is 5.98. The third kappa shape index (κ3) is 2.75. The largest absolute Gasteiger partial charge is 0.508 e. The molecule has 1 aromatic carbocycles. The van der Waals surface area contributed by atoms with E-state index in [1.807, 2.05) is 19.1 Å². The number of phenols is 1. The Hall–Kier alpha value is -1.51. The molecule has 2 fully saturated rings. The lowest BCUT2D eigenvalue weighted by atomic mass is 9.53. The number of rotatable bonds is 3. The summed E-state index contributed by atoms with van der Waals surface area (Å²) in [6.45, 7) is 6.79. The molecule has 3 nitrogen and oxygen atoms in total. The molecule has 0 radical (unpaired) electrons. The van der Waals surface area contributed by atoms with E-state index in [2.05, 4.69) is 19.9 Å². The molecule has 0 aliphatic heterocycles. The number of carbonyl (C=O) groups is 1. The van der Waals surface area contributed by atoms with Crippen LogP contribution in [-0.4, -0.2) is 17.2 Å². The molecular formula is C23H32O3. The van der Waals surface area contributed by atoms with Crippen molar-refractivity contribution >= 4 is 5.97 Å². The fourth-order valence-corrected chi connectivity index (χ4v) is 6.53. The molecule has 0 heterocycles. The van der Waals surface area contributed by atoms with Crippen molar-refractivity contribution in [3.63, 3.8) is 0 Å². The van der Waals surface area contributed by atoms with Gasteiger partial charge in [0.2, 0.25) is 0 Å². The highest BCUT2D eigenvalue weighted by Crippen LogP contribution is 2.62. The molecule has 6 atom stereocenters.